The highest BCUT2D eigenvalue weighted by molar-refractivity contribution is 5.45. The lowest BCUT2D eigenvalue weighted by molar-refractivity contribution is -0.141. The summed E-state index contributed by atoms with van der Waals surface area (Å²) in [5.41, 5.74) is 7.26. The van der Waals surface area contributed by atoms with Gasteiger partial charge in [-0.3, -0.25) is 0 Å². The highest BCUT2D eigenvalue weighted by Crippen LogP contribution is 2.33. The Morgan fingerprint density at radius 1 is 1.10 bits per heavy atom. The summed E-state index contributed by atoms with van der Waals surface area (Å²) in [6, 6.07) is 9.65. The van der Waals surface area contributed by atoms with E-state index in [1.54, 1.807) is 0 Å². The summed E-state index contributed by atoms with van der Waals surface area (Å²) in [5, 5.41) is 9.83. The van der Waals surface area contributed by atoms with Crippen LogP contribution in [0, 0.1) is 0 Å². The summed E-state index contributed by atoms with van der Waals surface area (Å²) in [5.74, 6) is 0.278. The quantitative estimate of drug-likeness (QED) is 0.893. The first-order valence-corrected chi connectivity index (χ1v) is 6.46. The zero-order valence-corrected chi connectivity index (χ0v) is 10.9. The van der Waals surface area contributed by atoms with Gasteiger partial charge in [-0.2, -0.15) is 13.2 Å². The van der Waals surface area contributed by atoms with E-state index in [4.69, 9.17) is 5.73 Å². The summed E-state index contributed by atoms with van der Waals surface area (Å²) in [4.78, 5) is 0. The highest BCUT2D eigenvalue weighted by Gasteiger charge is 2.33. The zero-order chi connectivity index (χ0) is 15.0. The predicted octanol–water partition coefficient (Wildman–Crippen LogP) is 2.53. The molecule has 1 aromatic heterocycles. The molecule has 0 amide bonds. The van der Waals surface area contributed by atoms with Crippen LogP contribution >= 0.6 is 0 Å². The summed E-state index contributed by atoms with van der Waals surface area (Å²) >= 11 is 0. The summed E-state index contributed by atoms with van der Waals surface area (Å²) in [6.45, 7) is 0. The first-order valence-electron chi connectivity index (χ1n) is 6.46. The second-order valence-electron chi connectivity index (χ2n) is 4.99. The van der Waals surface area contributed by atoms with Gasteiger partial charge in [-0.1, -0.05) is 24.3 Å². The molecule has 0 bridgehead atoms. The fourth-order valence-electron chi connectivity index (χ4n) is 2.53. The number of hydrogen-bond donors (Lipinski definition) is 2. The van der Waals surface area contributed by atoms with Crippen molar-refractivity contribution in [3.05, 3.63) is 53.2 Å². The minimum absolute atomic E-state index is 0.147. The normalized spacial score (nSPS) is 21.1. The van der Waals surface area contributed by atoms with Crippen LogP contribution in [0.5, 0.6) is 0 Å². The Balaban J connectivity index is 1.81. The maximum Gasteiger partial charge on any atom is 0.435 e. The molecule has 2 atom stereocenters. The molecule has 110 valence electrons. The Labute approximate surface area is 119 Å². The van der Waals surface area contributed by atoms with Crippen LogP contribution in [0.2, 0.25) is 0 Å². The van der Waals surface area contributed by atoms with Gasteiger partial charge in [-0.05, 0) is 29.7 Å². The van der Waals surface area contributed by atoms with E-state index in [9.17, 15) is 13.2 Å². The van der Waals surface area contributed by atoms with Crippen molar-refractivity contribution in [3.63, 3.8) is 0 Å². The van der Waals surface area contributed by atoms with Crippen molar-refractivity contribution < 1.29 is 13.2 Å². The zero-order valence-electron chi connectivity index (χ0n) is 10.9. The molecule has 1 aromatic carbocycles. The molecule has 4 nitrogen and oxygen atoms in total. The van der Waals surface area contributed by atoms with Gasteiger partial charge in [0, 0.05) is 6.04 Å². The van der Waals surface area contributed by atoms with E-state index in [0.717, 1.165) is 23.6 Å². The van der Waals surface area contributed by atoms with E-state index >= 15 is 0 Å². The van der Waals surface area contributed by atoms with E-state index in [1.165, 1.54) is 6.07 Å². The number of alkyl halides is 3. The number of hydrogen-bond acceptors (Lipinski definition) is 4. The van der Waals surface area contributed by atoms with Crippen LogP contribution in [0.25, 0.3) is 0 Å². The number of fused-ring (bicyclic) bond motifs is 1. The van der Waals surface area contributed by atoms with Gasteiger partial charge >= 0.3 is 6.18 Å². The van der Waals surface area contributed by atoms with Crippen molar-refractivity contribution in [2.75, 3.05) is 5.32 Å². The highest BCUT2D eigenvalue weighted by atomic mass is 19.4. The minimum Gasteiger partial charge on any atom is -0.360 e. The van der Waals surface area contributed by atoms with E-state index < -0.39 is 11.9 Å². The first kappa shape index (κ1) is 13.8. The van der Waals surface area contributed by atoms with Gasteiger partial charge in [0.1, 0.15) is 5.82 Å². The molecular weight excluding hydrogens is 281 g/mol. The maximum atomic E-state index is 12.4. The molecule has 3 rings (SSSR count). The number of anilines is 1. The molecule has 21 heavy (non-hydrogen) atoms. The van der Waals surface area contributed by atoms with Crippen molar-refractivity contribution in [2.24, 2.45) is 5.73 Å². The lowest BCUT2D eigenvalue weighted by Crippen LogP contribution is -2.30. The van der Waals surface area contributed by atoms with E-state index in [-0.39, 0.29) is 17.9 Å². The molecule has 2 aromatic rings. The average molecular weight is 294 g/mol. The van der Waals surface area contributed by atoms with Crippen LogP contribution in [0.3, 0.4) is 0 Å². The Hall–Kier alpha value is -2.15. The van der Waals surface area contributed by atoms with Crippen LogP contribution in [0.1, 0.15) is 22.9 Å². The fourth-order valence-corrected chi connectivity index (χ4v) is 2.53. The molecule has 0 saturated heterocycles. The fraction of sp³-hybridized carbons (Fsp3) is 0.286. The Morgan fingerprint density at radius 2 is 1.86 bits per heavy atom. The molecule has 1 heterocycles. The van der Waals surface area contributed by atoms with Gasteiger partial charge in [0.15, 0.2) is 5.69 Å². The molecule has 7 heteroatoms. The second-order valence-corrected chi connectivity index (χ2v) is 4.99. The number of aromatic nitrogens is 2. The molecule has 1 aliphatic rings. The third-order valence-corrected chi connectivity index (χ3v) is 3.53. The average Bonchev–Trinajstić information content (AvgIpc) is 2.75. The third-order valence-electron chi connectivity index (χ3n) is 3.53. The van der Waals surface area contributed by atoms with Gasteiger partial charge in [0.05, 0.1) is 6.04 Å². The van der Waals surface area contributed by atoms with Crippen molar-refractivity contribution in [1.29, 1.82) is 0 Å². The van der Waals surface area contributed by atoms with Crippen molar-refractivity contribution in [3.8, 4) is 0 Å². The molecule has 0 saturated carbocycles. The Morgan fingerprint density at radius 3 is 2.52 bits per heavy atom. The van der Waals surface area contributed by atoms with E-state index in [1.807, 2.05) is 24.3 Å². The molecule has 0 radical (unpaired) electrons. The summed E-state index contributed by atoms with van der Waals surface area (Å²) in [6.07, 6.45) is -3.76. The van der Waals surface area contributed by atoms with Crippen LogP contribution in [-0.2, 0) is 12.6 Å². The van der Waals surface area contributed by atoms with Crippen LogP contribution < -0.4 is 11.1 Å². The number of benzene rings is 1. The van der Waals surface area contributed by atoms with Gasteiger partial charge < -0.3 is 11.1 Å². The SMILES string of the molecule is NC1Cc2ccccc2C1Nc1ccc(C(F)(F)F)nn1. The summed E-state index contributed by atoms with van der Waals surface area (Å²) in [7, 11) is 0. The van der Waals surface area contributed by atoms with Gasteiger partial charge in [-0.25, -0.2) is 0 Å². The Bertz CT molecular complexity index is 639. The monoisotopic (exact) mass is 294 g/mol. The number of nitrogens with one attached hydrogen (secondary N) is 1. The van der Waals surface area contributed by atoms with Gasteiger partial charge in [0.2, 0.25) is 0 Å². The minimum atomic E-state index is -4.48. The standard InChI is InChI=1S/C14H13F3N4/c15-14(16,17)11-5-6-12(21-20-11)19-13-9-4-2-1-3-8(9)7-10(13)18/h1-6,10,13H,7,18H2,(H,19,21). The lowest BCUT2D eigenvalue weighted by Gasteiger charge is -2.19. The molecule has 3 N–H and O–H groups in total. The Kier molecular flexibility index (Phi) is 3.29. The van der Waals surface area contributed by atoms with Gasteiger partial charge in [-0.15, -0.1) is 10.2 Å². The van der Waals surface area contributed by atoms with Gasteiger partial charge in [0.25, 0.3) is 0 Å². The maximum absolute atomic E-state index is 12.4. The predicted molar refractivity (Wildman–Crippen MR) is 71.5 cm³/mol. The molecule has 0 fully saturated rings. The second kappa shape index (κ2) is 5.00. The smallest absolute Gasteiger partial charge is 0.360 e. The molecule has 1 aliphatic carbocycles. The van der Waals surface area contributed by atoms with E-state index in [2.05, 4.69) is 15.5 Å². The van der Waals surface area contributed by atoms with Crippen molar-refractivity contribution in [1.82, 2.24) is 10.2 Å². The largest absolute Gasteiger partial charge is 0.435 e. The van der Waals surface area contributed by atoms with E-state index in [0.29, 0.717) is 0 Å². The topological polar surface area (TPSA) is 63.8 Å². The van der Waals surface area contributed by atoms with Crippen LogP contribution in [0.4, 0.5) is 19.0 Å². The molecule has 0 spiro atoms. The first-order chi connectivity index (χ1) is 9.95. The lowest BCUT2D eigenvalue weighted by atomic mass is 10.1. The number of nitrogens with two attached hydrogens (primary N) is 1. The van der Waals surface area contributed by atoms with Crippen molar-refractivity contribution in [2.45, 2.75) is 24.7 Å². The third kappa shape index (κ3) is 2.69. The van der Waals surface area contributed by atoms with Crippen LogP contribution in [0.15, 0.2) is 36.4 Å². The summed E-state index contributed by atoms with van der Waals surface area (Å²) < 4.78 is 37.3. The molecule has 2 unspecified atom stereocenters. The molecular formula is C14H13F3N4. The molecule has 0 aliphatic heterocycles. The number of nitrogens with zero attached hydrogens (tertiary/aromatic N) is 2. The number of rotatable bonds is 2. The van der Waals surface area contributed by atoms with Crippen LogP contribution in [-0.4, -0.2) is 16.2 Å². The van der Waals surface area contributed by atoms with Crippen molar-refractivity contribution >= 4 is 5.82 Å². The number of halogens is 3.